The van der Waals surface area contributed by atoms with Crippen LogP contribution in [0, 0.1) is 5.41 Å². The molecule has 0 bridgehead atoms. The largest absolute Gasteiger partial charge is 0.378 e. The molecule has 21 heavy (non-hydrogen) atoms. The molecule has 2 fully saturated rings. The van der Waals surface area contributed by atoms with Crippen molar-refractivity contribution < 1.29 is 14.3 Å². The minimum absolute atomic E-state index is 0. The summed E-state index contributed by atoms with van der Waals surface area (Å²) in [7, 11) is 1.74. The van der Waals surface area contributed by atoms with Crippen LogP contribution in [0.4, 0.5) is 0 Å². The number of likely N-dealkylation sites (tertiary alicyclic amines) is 1. The molecule has 0 aromatic heterocycles. The van der Waals surface area contributed by atoms with Gasteiger partial charge in [-0.25, -0.2) is 0 Å². The molecule has 1 saturated heterocycles. The van der Waals surface area contributed by atoms with Crippen molar-refractivity contribution in [2.75, 3.05) is 20.2 Å². The molecular weight excluding hydrogens is 294 g/mol. The van der Waals surface area contributed by atoms with E-state index < -0.39 is 17.0 Å². The normalized spacial score (nSPS) is 34.1. The van der Waals surface area contributed by atoms with Crippen molar-refractivity contribution in [2.45, 2.75) is 51.3 Å². The molecule has 3 unspecified atom stereocenters. The zero-order valence-corrected chi connectivity index (χ0v) is 14.0. The summed E-state index contributed by atoms with van der Waals surface area (Å²) >= 11 is 0. The summed E-state index contributed by atoms with van der Waals surface area (Å²) in [4.78, 5) is 25.9. The number of rotatable bonds is 4. The number of hydrogen-bond acceptors (Lipinski definition) is 4. The van der Waals surface area contributed by atoms with E-state index in [1.807, 2.05) is 20.8 Å². The number of ether oxygens (including phenoxy) is 1. The first-order valence-electron chi connectivity index (χ1n) is 7.20. The van der Waals surface area contributed by atoms with E-state index in [0.29, 0.717) is 26.0 Å². The van der Waals surface area contributed by atoms with E-state index in [4.69, 9.17) is 10.5 Å². The Morgan fingerprint density at radius 3 is 2.57 bits per heavy atom. The van der Waals surface area contributed by atoms with Crippen LogP contribution in [0.3, 0.4) is 0 Å². The first-order chi connectivity index (χ1) is 9.24. The third kappa shape index (κ3) is 2.76. The van der Waals surface area contributed by atoms with E-state index in [0.717, 1.165) is 0 Å². The first-order valence-corrected chi connectivity index (χ1v) is 7.20. The molecule has 1 saturated carbocycles. The molecule has 1 aliphatic heterocycles. The van der Waals surface area contributed by atoms with Gasteiger partial charge in [-0.05, 0) is 13.3 Å². The number of carbonyl (C=O) groups excluding carboxylic acids is 2. The zero-order chi connectivity index (χ0) is 15.1. The summed E-state index contributed by atoms with van der Waals surface area (Å²) in [6.07, 6.45) is 1.13. The fourth-order valence-corrected chi connectivity index (χ4v) is 3.06. The Hall–Kier alpha value is -0.850. The highest BCUT2D eigenvalue weighted by Crippen LogP contribution is 2.49. The van der Waals surface area contributed by atoms with Gasteiger partial charge >= 0.3 is 0 Å². The van der Waals surface area contributed by atoms with Crippen LogP contribution in [0.1, 0.15) is 33.6 Å². The smallest absolute Gasteiger partial charge is 0.244 e. The monoisotopic (exact) mass is 319 g/mol. The molecule has 2 rings (SSSR count). The van der Waals surface area contributed by atoms with Crippen molar-refractivity contribution in [3.05, 3.63) is 0 Å². The maximum atomic E-state index is 12.5. The number of likely N-dealkylation sites (N-methyl/N-ethyl adjacent to an activating group) is 1. The first kappa shape index (κ1) is 18.2. The Labute approximate surface area is 132 Å². The van der Waals surface area contributed by atoms with Crippen molar-refractivity contribution >= 4 is 24.2 Å². The molecule has 0 spiro atoms. The quantitative estimate of drug-likeness (QED) is 0.780. The second-order valence-electron chi connectivity index (χ2n) is 6.42. The van der Waals surface area contributed by atoms with Crippen molar-refractivity contribution in [2.24, 2.45) is 11.1 Å². The van der Waals surface area contributed by atoms with Crippen LogP contribution >= 0.6 is 12.4 Å². The summed E-state index contributed by atoms with van der Waals surface area (Å²) < 4.78 is 5.61. The molecule has 3 atom stereocenters. The van der Waals surface area contributed by atoms with Gasteiger partial charge in [0.05, 0.1) is 6.10 Å². The van der Waals surface area contributed by atoms with Crippen LogP contribution < -0.4 is 11.1 Å². The van der Waals surface area contributed by atoms with Gasteiger partial charge in [-0.2, -0.15) is 0 Å². The van der Waals surface area contributed by atoms with Crippen LogP contribution in [0.15, 0.2) is 0 Å². The van der Waals surface area contributed by atoms with E-state index in [1.165, 1.54) is 0 Å². The number of nitrogens with one attached hydrogen (secondary N) is 1. The molecule has 122 valence electrons. The SMILES string of the molecule is CCOC1CC(N)(C(=O)NC2CCN(C)C2=O)C1(C)C.Cl. The Morgan fingerprint density at radius 1 is 1.52 bits per heavy atom. The highest BCUT2D eigenvalue weighted by Gasteiger charge is 2.63. The lowest BCUT2D eigenvalue weighted by molar-refractivity contribution is -0.171. The molecule has 7 heteroatoms. The van der Waals surface area contributed by atoms with Crippen LogP contribution in [0.25, 0.3) is 0 Å². The van der Waals surface area contributed by atoms with Crippen molar-refractivity contribution in [3.63, 3.8) is 0 Å². The number of nitrogens with two attached hydrogens (primary N) is 1. The summed E-state index contributed by atoms with van der Waals surface area (Å²) in [6, 6.07) is -0.435. The maximum Gasteiger partial charge on any atom is 0.244 e. The number of carbonyl (C=O) groups is 2. The Balaban J connectivity index is 0.00000220. The van der Waals surface area contributed by atoms with Crippen molar-refractivity contribution in [1.82, 2.24) is 10.2 Å². The molecule has 6 nitrogen and oxygen atoms in total. The van der Waals surface area contributed by atoms with Gasteiger partial charge < -0.3 is 20.7 Å². The van der Waals surface area contributed by atoms with Crippen LogP contribution in [-0.4, -0.2) is 54.6 Å². The highest BCUT2D eigenvalue weighted by atomic mass is 35.5. The Kier molecular flexibility index (Phi) is 5.29. The van der Waals surface area contributed by atoms with Crippen LogP contribution in [0.2, 0.25) is 0 Å². The molecule has 0 aromatic rings. The molecule has 1 aliphatic carbocycles. The minimum atomic E-state index is -0.964. The lowest BCUT2D eigenvalue weighted by Gasteiger charge is -2.57. The van der Waals surface area contributed by atoms with Gasteiger partial charge in [0.1, 0.15) is 11.6 Å². The second-order valence-corrected chi connectivity index (χ2v) is 6.42. The number of hydrogen-bond donors (Lipinski definition) is 2. The van der Waals surface area contributed by atoms with Gasteiger partial charge in [0, 0.05) is 32.0 Å². The molecule has 1 heterocycles. The topological polar surface area (TPSA) is 84.7 Å². The summed E-state index contributed by atoms with van der Waals surface area (Å²) in [5.41, 5.74) is 4.89. The summed E-state index contributed by atoms with van der Waals surface area (Å²) in [5.74, 6) is -0.285. The lowest BCUT2D eigenvalue weighted by Crippen LogP contribution is -2.76. The van der Waals surface area contributed by atoms with E-state index in [9.17, 15) is 9.59 Å². The van der Waals surface area contributed by atoms with Gasteiger partial charge in [0.15, 0.2) is 0 Å². The van der Waals surface area contributed by atoms with E-state index >= 15 is 0 Å². The van der Waals surface area contributed by atoms with Crippen molar-refractivity contribution in [1.29, 1.82) is 0 Å². The summed E-state index contributed by atoms with van der Waals surface area (Å²) in [6.45, 7) is 7.10. The van der Waals surface area contributed by atoms with Crippen molar-refractivity contribution in [3.8, 4) is 0 Å². The van der Waals surface area contributed by atoms with Gasteiger partial charge in [-0.15, -0.1) is 12.4 Å². The highest BCUT2D eigenvalue weighted by molar-refractivity contribution is 5.94. The molecule has 3 N–H and O–H groups in total. The fraction of sp³-hybridized carbons (Fsp3) is 0.857. The fourth-order valence-electron chi connectivity index (χ4n) is 3.06. The van der Waals surface area contributed by atoms with Gasteiger partial charge in [-0.1, -0.05) is 13.8 Å². The number of nitrogens with zero attached hydrogens (tertiary/aromatic N) is 1. The zero-order valence-electron chi connectivity index (χ0n) is 13.1. The lowest BCUT2D eigenvalue weighted by atomic mass is 9.54. The van der Waals surface area contributed by atoms with Crippen LogP contribution in [0.5, 0.6) is 0 Å². The van der Waals surface area contributed by atoms with Crippen LogP contribution in [-0.2, 0) is 14.3 Å². The average Bonchev–Trinajstić information content (AvgIpc) is 2.70. The Morgan fingerprint density at radius 2 is 2.14 bits per heavy atom. The molecular formula is C14H26ClN3O3. The third-order valence-electron chi connectivity index (χ3n) is 4.97. The predicted molar refractivity (Wildman–Crippen MR) is 82.2 cm³/mol. The average molecular weight is 320 g/mol. The van der Waals surface area contributed by atoms with Gasteiger partial charge in [0.25, 0.3) is 0 Å². The number of halogens is 1. The van der Waals surface area contributed by atoms with E-state index in [1.54, 1.807) is 11.9 Å². The standard InChI is InChI=1S/C14H25N3O3.ClH/c1-5-20-10-8-14(15,13(10,2)3)12(19)16-9-6-7-17(4)11(9)18;/h9-10H,5-8,15H2,1-4H3,(H,16,19);1H. The van der Waals surface area contributed by atoms with E-state index in [-0.39, 0.29) is 30.3 Å². The Bertz CT molecular complexity index is 430. The molecule has 2 aliphatic rings. The third-order valence-corrected chi connectivity index (χ3v) is 4.97. The minimum Gasteiger partial charge on any atom is -0.378 e. The van der Waals surface area contributed by atoms with Gasteiger partial charge in [0.2, 0.25) is 11.8 Å². The molecule has 2 amide bonds. The van der Waals surface area contributed by atoms with E-state index in [2.05, 4.69) is 5.32 Å². The summed E-state index contributed by atoms with van der Waals surface area (Å²) in [5, 5.41) is 2.81. The number of amides is 2. The predicted octanol–water partition coefficient (Wildman–Crippen LogP) is 0.288. The maximum absolute atomic E-state index is 12.5. The second kappa shape index (κ2) is 6.10. The molecule has 0 radical (unpaired) electrons. The molecule has 0 aromatic carbocycles. The van der Waals surface area contributed by atoms with Gasteiger partial charge in [-0.3, -0.25) is 9.59 Å².